The van der Waals surface area contributed by atoms with Crippen molar-refractivity contribution < 1.29 is 25.2 Å². The van der Waals surface area contributed by atoms with Crippen molar-refractivity contribution in [2.75, 3.05) is 6.61 Å². The van der Waals surface area contributed by atoms with Gasteiger partial charge in [-0.25, -0.2) is 0 Å². The lowest BCUT2D eigenvalue weighted by Gasteiger charge is -2.57. The molecule has 0 aliphatic heterocycles. The van der Waals surface area contributed by atoms with E-state index < -0.39 is 29.5 Å². The molecule has 0 heterocycles. The molecule has 5 nitrogen and oxygen atoms in total. The first-order valence-electron chi connectivity index (χ1n) is 9.81. The second kappa shape index (κ2) is 5.74. The summed E-state index contributed by atoms with van der Waals surface area (Å²) in [5, 5.41) is 41.7. The van der Waals surface area contributed by atoms with Crippen LogP contribution in [0.1, 0.15) is 52.4 Å². The molecule has 0 bridgehead atoms. The van der Waals surface area contributed by atoms with Crippen molar-refractivity contribution in [3.63, 3.8) is 0 Å². The highest BCUT2D eigenvalue weighted by atomic mass is 16.3. The first-order chi connectivity index (χ1) is 12.2. The van der Waals surface area contributed by atoms with E-state index in [9.17, 15) is 25.2 Å². The predicted octanol–water partition coefficient (Wildman–Crippen LogP) is 1.49. The fourth-order valence-electron chi connectivity index (χ4n) is 6.71. The number of hydrogen-bond acceptors (Lipinski definition) is 5. The number of rotatable bonds is 2. The maximum Gasteiger partial charge on any atom is 0.190 e. The SMILES string of the molecule is C[C@]12C[C@@H](O)[C@@H]3C(=CC=C4C[C@@H](O)CC[C@]43C)[C@@H]1CC[C@]2(O)C(=O)CO. The zero-order chi connectivity index (χ0) is 18.9. The molecule has 0 aromatic heterocycles. The molecule has 0 spiro atoms. The van der Waals surface area contributed by atoms with Gasteiger partial charge in [-0.15, -0.1) is 0 Å². The molecule has 0 unspecified atom stereocenters. The van der Waals surface area contributed by atoms with E-state index in [1.54, 1.807) is 0 Å². The Balaban J connectivity index is 1.78. The fourth-order valence-corrected chi connectivity index (χ4v) is 6.71. The van der Waals surface area contributed by atoms with Crippen LogP contribution in [-0.4, -0.2) is 50.6 Å². The third kappa shape index (κ3) is 2.15. The molecule has 4 rings (SSSR count). The smallest absolute Gasteiger partial charge is 0.190 e. The lowest BCUT2D eigenvalue weighted by Crippen LogP contribution is -2.59. The van der Waals surface area contributed by atoms with E-state index >= 15 is 0 Å². The molecule has 26 heavy (non-hydrogen) atoms. The van der Waals surface area contributed by atoms with Gasteiger partial charge in [-0.3, -0.25) is 4.79 Å². The number of Topliss-reactive ketones (excluding diaryl/α,β-unsaturated/α-hetero) is 1. The maximum absolute atomic E-state index is 12.3. The van der Waals surface area contributed by atoms with E-state index in [0.717, 1.165) is 18.4 Å². The molecular weight excluding hydrogens is 332 g/mol. The van der Waals surface area contributed by atoms with Gasteiger partial charge in [0.2, 0.25) is 0 Å². The number of ketones is 1. The van der Waals surface area contributed by atoms with Crippen LogP contribution in [0.3, 0.4) is 0 Å². The highest BCUT2D eigenvalue weighted by molar-refractivity contribution is 5.89. The molecule has 0 aromatic carbocycles. The summed E-state index contributed by atoms with van der Waals surface area (Å²) in [6.07, 6.45) is 6.80. The highest BCUT2D eigenvalue weighted by Gasteiger charge is 2.66. The molecule has 0 saturated heterocycles. The number of carbonyl (C=O) groups excluding carboxylic acids is 1. The number of hydrogen-bond donors (Lipinski definition) is 4. The van der Waals surface area contributed by atoms with Gasteiger partial charge in [0.25, 0.3) is 0 Å². The minimum atomic E-state index is -1.58. The standard InChI is InChI=1S/C21H30O5/c1-19-7-5-13(23)9-12(19)3-4-14-15-6-8-21(26,17(25)11-22)20(15,2)10-16(24)18(14)19/h3-4,13,15-16,18,22-24,26H,5-11H2,1-2H3/t13-,15-,16+,18-,19+,20-,21-/m0/s1. The summed E-state index contributed by atoms with van der Waals surface area (Å²) in [6.45, 7) is 3.41. The molecule has 7 atom stereocenters. The highest BCUT2D eigenvalue weighted by Crippen LogP contribution is 2.65. The Morgan fingerprint density at radius 3 is 2.62 bits per heavy atom. The molecule has 0 radical (unpaired) electrons. The van der Waals surface area contributed by atoms with Crippen molar-refractivity contribution in [2.45, 2.75) is 70.2 Å². The van der Waals surface area contributed by atoms with Gasteiger partial charge in [-0.05, 0) is 49.9 Å². The Hall–Kier alpha value is -1.01. The van der Waals surface area contributed by atoms with Crippen LogP contribution in [0.25, 0.3) is 0 Å². The van der Waals surface area contributed by atoms with Gasteiger partial charge in [0.15, 0.2) is 5.78 Å². The molecule has 4 aliphatic rings. The number of aliphatic hydroxyl groups excluding tert-OH is 3. The van der Waals surface area contributed by atoms with Crippen LogP contribution < -0.4 is 0 Å². The Morgan fingerprint density at radius 1 is 1.19 bits per heavy atom. The zero-order valence-electron chi connectivity index (χ0n) is 15.6. The van der Waals surface area contributed by atoms with Gasteiger partial charge in [-0.1, -0.05) is 37.1 Å². The average Bonchev–Trinajstić information content (AvgIpc) is 2.86. The lowest BCUT2D eigenvalue weighted by molar-refractivity contribution is -0.162. The summed E-state index contributed by atoms with van der Waals surface area (Å²) in [7, 11) is 0. The van der Waals surface area contributed by atoms with Crippen molar-refractivity contribution in [1.82, 2.24) is 0 Å². The number of carbonyl (C=O) groups is 1. The molecule has 0 aromatic rings. The number of aliphatic hydroxyl groups is 4. The van der Waals surface area contributed by atoms with Crippen molar-refractivity contribution >= 4 is 5.78 Å². The second-order valence-electron chi connectivity index (χ2n) is 9.37. The van der Waals surface area contributed by atoms with Gasteiger partial charge < -0.3 is 20.4 Å². The van der Waals surface area contributed by atoms with Crippen LogP contribution in [0.4, 0.5) is 0 Å². The van der Waals surface area contributed by atoms with Crippen LogP contribution in [0.5, 0.6) is 0 Å². The summed E-state index contributed by atoms with van der Waals surface area (Å²) in [5.41, 5.74) is -0.175. The van der Waals surface area contributed by atoms with Crippen molar-refractivity contribution in [3.8, 4) is 0 Å². The molecule has 4 aliphatic carbocycles. The normalized spacial score (nSPS) is 50.2. The number of fused-ring (bicyclic) bond motifs is 5. The number of allylic oxidation sites excluding steroid dienone is 2. The van der Waals surface area contributed by atoms with Crippen LogP contribution in [-0.2, 0) is 4.79 Å². The van der Waals surface area contributed by atoms with Gasteiger partial charge >= 0.3 is 0 Å². The Morgan fingerprint density at radius 2 is 1.92 bits per heavy atom. The van der Waals surface area contributed by atoms with E-state index in [2.05, 4.69) is 19.1 Å². The summed E-state index contributed by atoms with van der Waals surface area (Å²) < 4.78 is 0. The molecule has 5 heteroatoms. The molecule has 144 valence electrons. The van der Waals surface area contributed by atoms with E-state index in [0.29, 0.717) is 25.7 Å². The van der Waals surface area contributed by atoms with Gasteiger partial charge in [0.05, 0.1) is 12.2 Å². The largest absolute Gasteiger partial charge is 0.393 e. The van der Waals surface area contributed by atoms with Gasteiger partial charge in [0.1, 0.15) is 12.2 Å². The van der Waals surface area contributed by atoms with Crippen molar-refractivity contribution in [1.29, 1.82) is 0 Å². The Kier molecular flexibility index (Phi) is 4.05. The first kappa shape index (κ1) is 18.4. The van der Waals surface area contributed by atoms with Crippen molar-refractivity contribution in [2.24, 2.45) is 22.7 Å². The molecular formula is C21H30O5. The van der Waals surface area contributed by atoms with Crippen LogP contribution >= 0.6 is 0 Å². The van der Waals surface area contributed by atoms with Gasteiger partial charge in [-0.2, -0.15) is 0 Å². The third-order valence-electron chi connectivity index (χ3n) is 8.24. The van der Waals surface area contributed by atoms with Crippen molar-refractivity contribution in [3.05, 3.63) is 23.3 Å². The van der Waals surface area contributed by atoms with Crippen LogP contribution in [0.2, 0.25) is 0 Å². The Labute approximate surface area is 154 Å². The van der Waals surface area contributed by atoms with Crippen LogP contribution in [0.15, 0.2) is 23.3 Å². The third-order valence-corrected chi connectivity index (χ3v) is 8.24. The van der Waals surface area contributed by atoms with Crippen LogP contribution in [0, 0.1) is 22.7 Å². The fraction of sp³-hybridized carbons (Fsp3) is 0.762. The monoisotopic (exact) mass is 362 g/mol. The van der Waals surface area contributed by atoms with E-state index in [1.165, 1.54) is 5.57 Å². The first-order valence-corrected chi connectivity index (χ1v) is 9.81. The van der Waals surface area contributed by atoms with E-state index in [4.69, 9.17) is 0 Å². The zero-order valence-corrected chi connectivity index (χ0v) is 15.6. The summed E-state index contributed by atoms with van der Waals surface area (Å²) >= 11 is 0. The van der Waals surface area contributed by atoms with Gasteiger partial charge in [0, 0.05) is 11.3 Å². The summed E-state index contributed by atoms with van der Waals surface area (Å²) in [5.74, 6) is -0.537. The molecule has 3 saturated carbocycles. The molecule has 0 amide bonds. The lowest BCUT2D eigenvalue weighted by atomic mass is 9.49. The minimum absolute atomic E-state index is 0.0258. The molecule has 3 fully saturated rings. The van der Waals surface area contributed by atoms with E-state index in [-0.39, 0.29) is 23.4 Å². The Bertz CT molecular complexity index is 697. The molecule has 4 N–H and O–H groups in total. The second-order valence-corrected chi connectivity index (χ2v) is 9.37. The topological polar surface area (TPSA) is 98.0 Å². The predicted molar refractivity (Wildman–Crippen MR) is 96.1 cm³/mol. The van der Waals surface area contributed by atoms with E-state index in [1.807, 2.05) is 6.92 Å². The average molecular weight is 362 g/mol. The summed E-state index contributed by atoms with van der Waals surface area (Å²) in [6, 6.07) is 0. The quantitative estimate of drug-likeness (QED) is 0.597. The minimum Gasteiger partial charge on any atom is -0.393 e. The summed E-state index contributed by atoms with van der Waals surface area (Å²) in [4.78, 5) is 12.3. The maximum atomic E-state index is 12.3.